The summed E-state index contributed by atoms with van der Waals surface area (Å²) in [5.41, 5.74) is 0. The van der Waals surface area contributed by atoms with E-state index in [1.165, 1.54) is 12.7 Å². The number of hydrogen-bond donors (Lipinski definition) is 2. The van der Waals surface area contributed by atoms with Crippen LogP contribution in [0.3, 0.4) is 0 Å². The summed E-state index contributed by atoms with van der Waals surface area (Å²) in [5.74, 6) is 0.525. The van der Waals surface area contributed by atoms with Crippen molar-refractivity contribution in [3.05, 3.63) is 0 Å². The van der Waals surface area contributed by atoms with Crippen LogP contribution in [-0.4, -0.2) is 16.0 Å². The van der Waals surface area contributed by atoms with Gasteiger partial charge in [0.05, 0.1) is 0 Å². The van der Waals surface area contributed by atoms with Gasteiger partial charge in [-0.3, -0.25) is 0 Å². The topological polar surface area (TPSA) is 0 Å². The van der Waals surface area contributed by atoms with Crippen LogP contribution in [0.1, 0.15) is 6.42 Å². The van der Waals surface area contributed by atoms with Crippen molar-refractivity contribution in [3.63, 3.8) is 0 Å². The molecule has 4 heteroatoms. The van der Waals surface area contributed by atoms with Gasteiger partial charge in [0.25, 0.3) is 0 Å². The van der Waals surface area contributed by atoms with Crippen LogP contribution in [0.5, 0.6) is 0 Å². The third-order valence-corrected chi connectivity index (χ3v) is 4.75. The second kappa shape index (κ2) is 2.89. The number of hydrogen-bond acceptors (Lipinski definition) is 2. The lowest BCUT2D eigenvalue weighted by Crippen LogP contribution is -2.17. The second-order valence-electron chi connectivity index (χ2n) is 2.16. The lowest BCUT2D eigenvalue weighted by atomic mass is 9.74. The standard InChI is InChI=1S/C4H8BBrS2/c6-4-3(7)1-2-5(4)8/h3-4,7-8H,1-2H2. The summed E-state index contributed by atoms with van der Waals surface area (Å²) in [5, 5.41) is 0.525. The zero-order chi connectivity index (χ0) is 6.15. The van der Waals surface area contributed by atoms with Gasteiger partial charge in [-0.15, -0.1) is 0 Å². The fourth-order valence-corrected chi connectivity index (χ4v) is 2.29. The van der Waals surface area contributed by atoms with Crippen LogP contribution in [0.25, 0.3) is 0 Å². The van der Waals surface area contributed by atoms with Crippen molar-refractivity contribution in [1.82, 2.24) is 0 Å². The van der Waals surface area contributed by atoms with E-state index in [2.05, 4.69) is 41.0 Å². The van der Waals surface area contributed by atoms with Crippen LogP contribution in [0, 0.1) is 0 Å². The van der Waals surface area contributed by atoms with Crippen LogP contribution >= 0.6 is 41.0 Å². The summed E-state index contributed by atoms with van der Waals surface area (Å²) in [6, 6.07) is 0. The van der Waals surface area contributed by atoms with Gasteiger partial charge in [-0.05, 0) is 6.42 Å². The van der Waals surface area contributed by atoms with Crippen molar-refractivity contribution in [2.45, 2.75) is 22.7 Å². The molecule has 0 spiro atoms. The Bertz CT molecular complexity index is 80.1. The quantitative estimate of drug-likeness (QED) is 0.341. The number of rotatable bonds is 0. The Labute approximate surface area is 69.7 Å². The third-order valence-electron chi connectivity index (χ3n) is 1.49. The van der Waals surface area contributed by atoms with Gasteiger partial charge in [-0.1, -0.05) is 22.3 Å². The molecule has 1 fully saturated rings. The molecule has 8 heavy (non-hydrogen) atoms. The van der Waals surface area contributed by atoms with Gasteiger partial charge >= 0.3 is 0 Å². The molecule has 0 nitrogen and oxygen atoms in total. The zero-order valence-electron chi connectivity index (χ0n) is 4.42. The molecular formula is C4H8BBrS2. The predicted molar refractivity (Wildman–Crippen MR) is 49.7 cm³/mol. The summed E-state index contributed by atoms with van der Waals surface area (Å²) in [4.78, 5) is 0. The molecule has 0 radical (unpaired) electrons. The molecular weight excluding hydrogens is 203 g/mol. The van der Waals surface area contributed by atoms with Gasteiger partial charge in [0, 0.05) is 9.98 Å². The highest BCUT2D eigenvalue weighted by molar-refractivity contribution is 9.10. The van der Waals surface area contributed by atoms with E-state index in [0.717, 1.165) is 0 Å². The Balaban J connectivity index is 2.44. The molecule has 0 aliphatic carbocycles. The van der Waals surface area contributed by atoms with E-state index in [0.29, 0.717) is 16.0 Å². The Kier molecular flexibility index (Phi) is 2.65. The first kappa shape index (κ1) is 7.35. The zero-order valence-corrected chi connectivity index (χ0v) is 7.79. The molecule has 1 heterocycles. The van der Waals surface area contributed by atoms with Gasteiger partial charge in [0.15, 0.2) is 0 Å². The molecule has 0 aromatic carbocycles. The first-order valence-electron chi connectivity index (χ1n) is 2.72. The van der Waals surface area contributed by atoms with Crippen molar-refractivity contribution in [2.24, 2.45) is 0 Å². The highest BCUT2D eigenvalue weighted by Gasteiger charge is 2.32. The molecule has 2 atom stereocenters. The minimum absolute atomic E-state index is 0.522. The predicted octanol–water partition coefficient (Wildman–Crippen LogP) is 1.91. The van der Waals surface area contributed by atoms with E-state index < -0.39 is 0 Å². The Morgan fingerprint density at radius 2 is 2.25 bits per heavy atom. The lowest BCUT2D eigenvalue weighted by molar-refractivity contribution is 0.953. The van der Waals surface area contributed by atoms with E-state index in [1.807, 2.05) is 0 Å². The SMILES string of the molecule is SB1CCC(S)C1Br. The number of thiol groups is 2. The summed E-state index contributed by atoms with van der Waals surface area (Å²) in [6.45, 7) is 0. The fourth-order valence-electron chi connectivity index (χ4n) is 0.916. The monoisotopic (exact) mass is 210 g/mol. The number of halogens is 1. The largest absolute Gasteiger partial charge is 0.225 e. The first-order valence-corrected chi connectivity index (χ1v) is 4.67. The molecule has 0 aromatic heterocycles. The molecule has 0 amide bonds. The lowest BCUT2D eigenvalue weighted by Gasteiger charge is -2.05. The second-order valence-corrected chi connectivity index (χ2v) is 4.54. The summed E-state index contributed by atoms with van der Waals surface area (Å²) in [7, 11) is 0. The van der Waals surface area contributed by atoms with Crippen molar-refractivity contribution >= 4 is 47.0 Å². The van der Waals surface area contributed by atoms with Crippen LogP contribution < -0.4 is 0 Å². The molecule has 1 rings (SSSR count). The van der Waals surface area contributed by atoms with Gasteiger partial charge in [-0.2, -0.15) is 12.6 Å². The van der Waals surface area contributed by atoms with E-state index in [9.17, 15) is 0 Å². The molecule has 1 aliphatic rings. The number of alkyl halides is 1. The molecule has 0 aromatic rings. The highest BCUT2D eigenvalue weighted by Crippen LogP contribution is 2.31. The third kappa shape index (κ3) is 1.39. The Hall–Kier alpha value is 1.24. The van der Waals surface area contributed by atoms with E-state index in [1.54, 1.807) is 0 Å². The van der Waals surface area contributed by atoms with Gasteiger partial charge < -0.3 is 0 Å². The average molecular weight is 211 g/mol. The Morgan fingerprint density at radius 3 is 2.38 bits per heavy atom. The normalized spacial score (nSPS) is 38.6. The van der Waals surface area contributed by atoms with Crippen molar-refractivity contribution < 1.29 is 0 Å². The van der Waals surface area contributed by atoms with Crippen molar-refractivity contribution in [3.8, 4) is 0 Å². The highest BCUT2D eigenvalue weighted by atomic mass is 79.9. The molecule has 1 saturated heterocycles. The molecule has 2 unspecified atom stereocenters. The molecule has 0 saturated carbocycles. The van der Waals surface area contributed by atoms with Gasteiger partial charge in [0.2, 0.25) is 5.99 Å². The summed E-state index contributed by atoms with van der Waals surface area (Å²) >= 11 is 12.2. The molecule has 0 bridgehead atoms. The van der Waals surface area contributed by atoms with Crippen LogP contribution in [0.15, 0.2) is 0 Å². The first-order chi connectivity index (χ1) is 3.72. The fraction of sp³-hybridized carbons (Fsp3) is 1.00. The smallest absolute Gasteiger partial charge is 0.220 e. The maximum Gasteiger partial charge on any atom is 0.220 e. The van der Waals surface area contributed by atoms with E-state index in [-0.39, 0.29) is 0 Å². The minimum Gasteiger partial charge on any atom is -0.225 e. The van der Waals surface area contributed by atoms with E-state index >= 15 is 0 Å². The van der Waals surface area contributed by atoms with Crippen LogP contribution in [0.4, 0.5) is 0 Å². The Morgan fingerprint density at radius 1 is 1.62 bits per heavy atom. The van der Waals surface area contributed by atoms with Gasteiger partial charge in [-0.25, -0.2) is 12.5 Å². The summed E-state index contributed by atoms with van der Waals surface area (Å²) in [6.07, 6.45) is 2.40. The van der Waals surface area contributed by atoms with Crippen molar-refractivity contribution in [1.29, 1.82) is 0 Å². The van der Waals surface area contributed by atoms with Crippen LogP contribution in [0.2, 0.25) is 6.32 Å². The summed E-state index contributed by atoms with van der Waals surface area (Å²) < 4.78 is 0.522. The van der Waals surface area contributed by atoms with Crippen molar-refractivity contribution in [2.75, 3.05) is 0 Å². The van der Waals surface area contributed by atoms with E-state index in [4.69, 9.17) is 0 Å². The average Bonchev–Trinajstić information content (AvgIpc) is 1.98. The molecule has 46 valence electrons. The van der Waals surface area contributed by atoms with Crippen LogP contribution in [-0.2, 0) is 0 Å². The van der Waals surface area contributed by atoms with Gasteiger partial charge in [0.1, 0.15) is 0 Å². The molecule has 1 aliphatic heterocycles. The maximum atomic E-state index is 4.35. The minimum atomic E-state index is 0.522. The maximum absolute atomic E-state index is 4.35. The molecule has 0 N–H and O–H groups in total.